The Kier molecular flexibility index (Phi) is 3.48. The second-order valence-corrected chi connectivity index (χ2v) is 4.90. The quantitative estimate of drug-likeness (QED) is 0.872. The lowest BCUT2D eigenvalue weighted by Gasteiger charge is -2.24. The van der Waals surface area contributed by atoms with E-state index in [0.29, 0.717) is 0 Å². The topological polar surface area (TPSA) is 40.5 Å². The number of rotatable bonds is 3. The van der Waals surface area contributed by atoms with Gasteiger partial charge in [-0.2, -0.15) is 0 Å². The standard InChI is InChI=1S/C14H19NO2/c1-10-7-11(2)9-12(8-10)13(14(16)17)15-5-3-4-6-15/h7-9,13H,3-6H2,1-2H3,(H,16,17). The molecule has 3 nitrogen and oxygen atoms in total. The van der Waals surface area contributed by atoms with Crippen LogP contribution >= 0.6 is 0 Å². The highest BCUT2D eigenvalue weighted by Gasteiger charge is 2.29. The average Bonchev–Trinajstić information content (AvgIpc) is 2.68. The Labute approximate surface area is 102 Å². The molecule has 1 heterocycles. The zero-order valence-corrected chi connectivity index (χ0v) is 10.4. The summed E-state index contributed by atoms with van der Waals surface area (Å²) in [5.74, 6) is -0.739. The monoisotopic (exact) mass is 233 g/mol. The van der Waals surface area contributed by atoms with E-state index in [4.69, 9.17) is 0 Å². The summed E-state index contributed by atoms with van der Waals surface area (Å²) >= 11 is 0. The Morgan fingerprint density at radius 1 is 1.18 bits per heavy atom. The van der Waals surface area contributed by atoms with Crippen molar-refractivity contribution in [2.45, 2.75) is 32.7 Å². The van der Waals surface area contributed by atoms with Gasteiger partial charge in [-0.05, 0) is 45.3 Å². The van der Waals surface area contributed by atoms with Crippen LogP contribution in [0.1, 0.15) is 35.6 Å². The van der Waals surface area contributed by atoms with Gasteiger partial charge in [0.2, 0.25) is 0 Å². The molecule has 1 atom stereocenters. The Hall–Kier alpha value is -1.35. The van der Waals surface area contributed by atoms with Crippen LogP contribution in [-0.2, 0) is 4.79 Å². The fourth-order valence-corrected chi connectivity index (χ4v) is 2.68. The Balaban J connectivity index is 2.34. The van der Waals surface area contributed by atoms with Gasteiger partial charge in [0.1, 0.15) is 6.04 Å². The van der Waals surface area contributed by atoms with Crippen molar-refractivity contribution in [3.05, 3.63) is 34.9 Å². The number of likely N-dealkylation sites (tertiary alicyclic amines) is 1. The maximum absolute atomic E-state index is 11.5. The largest absolute Gasteiger partial charge is 0.480 e. The Morgan fingerprint density at radius 3 is 2.18 bits per heavy atom. The van der Waals surface area contributed by atoms with Crippen molar-refractivity contribution in [1.82, 2.24) is 4.90 Å². The van der Waals surface area contributed by atoms with Crippen LogP contribution in [0.15, 0.2) is 18.2 Å². The molecule has 1 unspecified atom stereocenters. The van der Waals surface area contributed by atoms with Gasteiger partial charge in [0.05, 0.1) is 0 Å². The van der Waals surface area contributed by atoms with E-state index < -0.39 is 12.0 Å². The molecule has 3 heteroatoms. The molecule has 2 rings (SSSR count). The van der Waals surface area contributed by atoms with Crippen LogP contribution in [0.4, 0.5) is 0 Å². The fraction of sp³-hybridized carbons (Fsp3) is 0.500. The molecule has 1 aromatic carbocycles. The number of nitrogens with zero attached hydrogens (tertiary/aromatic N) is 1. The van der Waals surface area contributed by atoms with Crippen LogP contribution in [0.2, 0.25) is 0 Å². The second kappa shape index (κ2) is 4.88. The second-order valence-electron chi connectivity index (χ2n) is 4.90. The lowest BCUT2D eigenvalue weighted by atomic mass is 10.0. The number of aliphatic carboxylic acids is 1. The molecular formula is C14H19NO2. The normalized spacial score (nSPS) is 18.2. The highest BCUT2D eigenvalue weighted by Crippen LogP contribution is 2.26. The lowest BCUT2D eigenvalue weighted by Crippen LogP contribution is -2.31. The smallest absolute Gasteiger partial charge is 0.325 e. The molecular weight excluding hydrogens is 214 g/mol. The number of carbonyl (C=O) groups is 1. The lowest BCUT2D eigenvalue weighted by molar-refractivity contribution is -0.143. The third kappa shape index (κ3) is 2.67. The first-order valence-electron chi connectivity index (χ1n) is 6.13. The molecule has 0 amide bonds. The van der Waals surface area contributed by atoms with Gasteiger partial charge < -0.3 is 5.11 Å². The first-order valence-corrected chi connectivity index (χ1v) is 6.13. The average molecular weight is 233 g/mol. The predicted octanol–water partition coefficient (Wildman–Crippen LogP) is 2.52. The molecule has 92 valence electrons. The van der Waals surface area contributed by atoms with E-state index in [2.05, 4.69) is 11.0 Å². The van der Waals surface area contributed by atoms with Gasteiger partial charge in [0.25, 0.3) is 0 Å². The highest BCUT2D eigenvalue weighted by molar-refractivity contribution is 5.75. The molecule has 0 spiro atoms. The minimum atomic E-state index is -0.739. The van der Waals surface area contributed by atoms with Gasteiger partial charge in [-0.15, -0.1) is 0 Å². The molecule has 1 aliphatic heterocycles. The molecule has 0 saturated carbocycles. The molecule has 1 aromatic rings. The maximum Gasteiger partial charge on any atom is 0.325 e. The third-order valence-electron chi connectivity index (χ3n) is 3.30. The summed E-state index contributed by atoms with van der Waals surface area (Å²) in [6, 6.07) is 5.58. The number of carboxylic acid groups (broad SMARTS) is 1. The fourth-order valence-electron chi connectivity index (χ4n) is 2.68. The number of benzene rings is 1. The first-order chi connectivity index (χ1) is 8.08. The Morgan fingerprint density at radius 2 is 1.71 bits per heavy atom. The van der Waals surface area contributed by atoms with E-state index in [1.165, 1.54) is 0 Å². The van der Waals surface area contributed by atoms with Gasteiger partial charge in [0, 0.05) is 0 Å². The summed E-state index contributed by atoms with van der Waals surface area (Å²) in [5, 5.41) is 9.43. The molecule has 1 N–H and O–H groups in total. The number of carboxylic acids is 1. The van der Waals surface area contributed by atoms with Crippen molar-refractivity contribution in [2.75, 3.05) is 13.1 Å². The minimum absolute atomic E-state index is 0.476. The van der Waals surface area contributed by atoms with Crippen molar-refractivity contribution < 1.29 is 9.90 Å². The number of hydrogen-bond acceptors (Lipinski definition) is 2. The summed E-state index contributed by atoms with van der Waals surface area (Å²) in [7, 11) is 0. The van der Waals surface area contributed by atoms with Crippen LogP contribution in [0, 0.1) is 13.8 Å². The van der Waals surface area contributed by atoms with E-state index >= 15 is 0 Å². The van der Waals surface area contributed by atoms with Crippen LogP contribution < -0.4 is 0 Å². The van der Waals surface area contributed by atoms with E-state index in [1.807, 2.05) is 26.0 Å². The van der Waals surface area contributed by atoms with E-state index in [-0.39, 0.29) is 0 Å². The molecule has 1 aliphatic rings. The summed E-state index contributed by atoms with van der Waals surface area (Å²) in [6.45, 7) is 5.81. The zero-order chi connectivity index (χ0) is 12.4. The number of hydrogen-bond donors (Lipinski definition) is 1. The predicted molar refractivity (Wildman–Crippen MR) is 67.1 cm³/mol. The van der Waals surface area contributed by atoms with Gasteiger partial charge in [0.15, 0.2) is 0 Å². The van der Waals surface area contributed by atoms with Crippen molar-refractivity contribution in [3.63, 3.8) is 0 Å². The van der Waals surface area contributed by atoms with Crippen molar-refractivity contribution in [2.24, 2.45) is 0 Å². The molecule has 0 aromatic heterocycles. The summed E-state index contributed by atoms with van der Waals surface area (Å²) in [4.78, 5) is 13.5. The van der Waals surface area contributed by atoms with Gasteiger partial charge in [-0.3, -0.25) is 9.69 Å². The summed E-state index contributed by atoms with van der Waals surface area (Å²) < 4.78 is 0. The highest BCUT2D eigenvalue weighted by atomic mass is 16.4. The molecule has 1 fully saturated rings. The number of aryl methyl sites for hydroxylation is 2. The van der Waals surface area contributed by atoms with Crippen molar-refractivity contribution >= 4 is 5.97 Å². The third-order valence-corrected chi connectivity index (χ3v) is 3.30. The van der Waals surface area contributed by atoms with Crippen LogP contribution in [-0.4, -0.2) is 29.1 Å². The van der Waals surface area contributed by atoms with E-state index in [1.54, 1.807) is 0 Å². The molecule has 1 saturated heterocycles. The minimum Gasteiger partial charge on any atom is -0.480 e. The van der Waals surface area contributed by atoms with Gasteiger partial charge in [-0.25, -0.2) is 0 Å². The van der Waals surface area contributed by atoms with Crippen LogP contribution in [0.5, 0.6) is 0 Å². The zero-order valence-electron chi connectivity index (χ0n) is 10.4. The van der Waals surface area contributed by atoms with Crippen LogP contribution in [0.25, 0.3) is 0 Å². The van der Waals surface area contributed by atoms with E-state index in [0.717, 1.165) is 42.6 Å². The van der Waals surface area contributed by atoms with Crippen molar-refractivity contribution in [1.29, 1.82) is 0 Å². The van der Waals surface area contributed by atoms with Gasteiger partial charge in [-0.1, -0.05) is 29.3 Å². The summed E-state index contributed by atoms with van der Waals surface area (Å²) in [6.07, 6.45) is 2.21. The summed E-state index contributed by atoms with van der Waals surface area (Å²) in [5.41, 5.74) is 3.17. The molecule has 17 heavy (non-hydrogen) atoms. The molecule has 0 aliphatic carbocycles. The first kappa shape index (κ1) is 12.1. The van der Waals surface area contributed by atoms with Crippen LogP contribution in [0.3, 0.4) is 0 Å². The SMILES string of the molecule is Cc1cc(C)cc(C(C(=O)O)N2CCCC2)c1. The maximum atomic E-state index is 11.5. The van der Waals surface area contributed by atoms with E-state index in [9.17, 15) is 9.90 Å². The molecule has 0 radical (unpaired) electrons. The van der Waals surface area contributed by atoms with Crippen molar-refractivity contribution in [3.8, 4) is 0 Å². The molecule has 0 bridgehead atoms. The van der Waals surface area contributed by atoms with Gasteiger partial charge >= 0.3 is 5.97 Å². The Bertz CT molecular complexity index is 402.